The summed E-state index contributed by atoms with van der Waals surface area (Å²) in [6.45, 7) is 9.39. The standard InChI is InChI=1S/C22H25NO5S/c1-6-9-27-22(24)20-16(5)28-19-8-7-17(12-18(19)20)23-29(25,26)21-14(3)10-13(2)11-15(21)4/h7-8,10-12,23H,6,9H2,1-5H3. The van der Waals surface area contributed by atoms with Crippen LogP contribution in [0.4, 0.5) is 5.69 Å². The van der Waals surface area contributed by atoms with E-state index in [1.165, 1.54) is 0 Å². The molecule has 1 N–H and O–H groups in total. The average molecular weight is 416 g/mol. The van der Waals surface area contributed by atoms with Crippen LogP contribution in [0.2, 0.25) is 0 Å². The quantitative estimate of drug-likeness (QED) is 0.571. The molecule has 0 aliphatic carbocycles. The van der Waals surface area contributed by atoms with E-state index in [-0.39, 0.29) is 4.90 Å². The lowest BCUT2D eigenvalue weighted by molar-refractivity contribution is 0.0505. The van der Waals surface area contributed by atoms with Gasteiger partial charge in [-0.1, -0.05) is 24.6 Å². The van der Waals surface area contributed by atoms with Crippen molar-refractivity contribution < 1.29 is 22.4 Å². The number of benzene rings is 2. The maximum Gasteiger partial charge on any atom is 0.342 e. The number of hydrogen-bond donors (Lipinski definition) is 1. The Labute approximate surface area is 170 Å². The van der Waals surface area contributed by atoms with Gasteiger partial charge < -0.3 is 9.15 Å². The smallest absolute Gasteiger partial charge is 0.342 e. The predicted octanol–water partition coefficient (Wildman–Crippen LogP) is 5.03. The molecule has 6 nitrogen and oxygen atoms in total. The molecule has 0 unspecified atom stereocenters. The minimum Gasteiger partial charge on any atom is -0.462 e. The minimum absolute atomic E-state index is 0.258. The van der Waals surface area contributed by atoms with Crippen LogP contribution in [0.1, 0.15) is 46.2 Å². The van der Waals surface area contributed by atoms with E-state index in [4.69, 9.17) is 9.15 Å². The first-order valence-electron chi connectivity index (χ1n) is 9.45. The van der Waals surface area contributed by atoms with Gasteiger partial charge in [0.25, 0.3) is 10.0 Å². The Bertz CT molecular complexity index is 1170. The summed E-state index contributed by atoms with van der Waals surface area (Å²) in [7, 11) is -3.80. The molecule has 0 spiro atoms. The molecule has 0 saturated heterocycles. The Kier molecular flexibility index (Phi) is 5.71. The van der Waals surface area contributed by atoms with Crippen molar-refractivity contribution in [2.24, 2.45) is 0 Å². The second-order valence-corrected chi connectivity index (χ2v) is 8.83. The van der Waals surface area contributed by atoms with Gasteiger partial charge in [0.1, 0.15) is 16.9 Å². The van der Waals surface area contributed by atoms with E-state index in [1.54, 1.807) is 39.0 Å². The summed E-state index contributed by atoms with van der Waals surface area (Å²) >= 11 is 0. The Balaban J connectivity index is 2.02. The number of furan rings is 1. The number of esters is 1. The molecule has 0 fully saturated rings. The van der Waals surface area contributed by atoms with E-state index in [0.29, 0.717) is 52.1 Å². The first-order valence-corrected chi connectivity index (χ1v) is 10.9. The van der Waals surface area contributed by atoms with Gasteiger partial charge in [-0.2, -0.15) is 0 Å². The van der Waals surface area contributed by atoms with Crippen molar-refractivity contribution in [2.75, 3.05) is 11.3 Å². The lowest BCUT2D eigenvalue weighted by atomic mass is 10.1. The number of ether oxygens (including phenoxy) is 1. The molecule has 0 aliphatic heterocycles. The van der Waals surface area contributed by atoms with Crippen LogP contribution in [-0.2, 0) is 14.8 Å². The molecule has 0 aliphatic rings. The minimum atomic E-state index is -3.80. The van der Waals surface area contributed by atoms with E-state index in [9.17, 15) is 13.2 Å². The third-order valence-corrected chi connectivity index (χ3v) is 6.32. The number of carbonyl (C=O) groups is 1. The van der Waals surface area contributed by atoms with Crippen LogP contribution in [0, 0.1) is 27.7 Å². The lowest BCUT2D eigenvalue weighted by Crippen LogP contribution is -2.16. The Morgan fingerprint density at radius 3 is 2.34 bits per heavy atom. The molecule has 2 aromatic carbocycles. The average Bonchev–Trinajstić information content (AvgIpc) is 2.93. The number of aryl methyl sites for hydroxylation is 4. The van der Waals surface area contributed by atoms with Gasteiger partial charge >= 0.3 is 5.97 Å². The molecular weight excluding hydrogens is 390 g/mol. The van der Waals surface area contributed by atoms with E-state index in [0.717, 1.165) is 5.56 Å². The monoisotopic (exact) mass is 415 g/mol. The summed E-state index contributed by atoms with van der Waals surface area (Å²) in [5.74, 6) is -0.0420. The van der Waals surface area contributed by atoms with Crippen LogP contribution in [0.3, 0.4) is 0 Å². The van der Waals surface area contributed by atoms with Crippen molar-refractivity contribution in [1.29, 1.82) is 0 Å². The van der Waals surface area contributed by atoms with Gasteiger partial charge in [0.2, 0.25) is 0 Å². The first kappa shape index (κ1) is 20.9. The van der Waals surface area contributed by atoms with Crippen molar-refractivity contribution in [1.82, 2.24) is 0 Å². The van der Waals surface area contributed by atoms with Crippen LogP contribution >= 0.6 is 0 Å². The zero-order valence-corrected chi connectivity index (χ0v) is 18.1. The fraction of sp³-hybridized carbons (Fsp3) is 0.318. The summed E-state index contributed by atoms with van der Waals surface area (Å²) in [6, 6.07) is 8.54. The second kappa shape index (κ2) is 7.91. The van der Waals surface area contributed by atoms with Gasteiger partial charge in [-0.15, -0.1) is 0 Å². The number of rotatable bonds is 6. The van der Waals surface area contributed by atoms with Crippen LogP contribution < -0.4 is 4.72 Å². The molecule has 7 heteroatoms. The summed E-state index contributed by atoms with van der Waals surface area (Å²) in [5, 5.41) is 0.515. The molecular formula is C22H25NO5S. The molecule has 3 aromatic rings. The maximum absolute atomic E-state index is 13.0. The first-order chi connectivity index (χ1) is 13.6. The predicted molar refractivity (Wildman–Crippen MR) is 113 cm³/mol. The summed E-state index contributed by atoms with van der Waals surface area (Å²) in [4.78, 5) is 12.7. The fourth-order valence-corrected chi connectivity index (χ4v) is 5.11. The summed E-state index contributed by atoms with van der Waals surface area (Å²) in [6.07, 6.45) is 0.709. The van der Waals surface area contributed by atoms with Crippen molar-refractivity contribution >= 4 is 32.6 Å². The number of nitrogens with one attached hydrogen (secondary N) is 1. The topological polar surface area (TPSA) is 85.6 Å². The van der Waals surface area contributed by atoms with E-state index in [1.807, 2.05) is 26.0 Å². The summed E-state index contributed by atoms with van der Waals surface area (Å²) in [5.41, 5.74) is 3.53. The zero-order valence-electron chi connectivity index (χ0n) is 17.3. The molecule has 29 heavy (non-hydrogen) atoms. The third-order valence-electron chi connectivity index (χ3n) is 4.63. The zero-order chi connectivity index (χ0) is 21.3. The van der Waals surface area contributed by atoms with Gasteiger partial charge in [0, 0.05) is 11.1 Å². The van der Waals surface area contributed by atoms with E-state index < -0.39 is 16.0 Å². The molecule has 0 radical (unpaired) electrons. The van der Waals surface area contributed by atoms with Gasteiger partial charge in [-0.25, -0.2) is 13.2 Å². The number of carbonyl (C=O) groups excluding carboxylic acids is 1. The molecule has 3 rings (SSSR count). The van der Waals surface area contributed by atoms with E-state index in [2.05, 4.69) is 4.72 Å². The highest BCUT2D eigenvalue weighted by molar-refractivity contribution is 7.92. The van der Waals surface area contributed by atoms with Gasteiger partial charge in [-0.3, -0.25) is 4.72 Å². The molecule has 0 saturated carbocycles. The van der Waals surface area contributed by atoms with Gasteiger partial charge in [-0.05, 0) is 63.4 Å². The lowest BCUT2D eigenvalue weighted by Gasteiger charge is -2.14. The third kappa shape index (κ3) is 4.15. The number of fused-ring (bicyclic) bond motifs is 1. The van der Waals surface area contributed by atoms with Crippen LogP contribution in [0.25, 0.3) is 11.0 Å². The van der Waals surface area contributed by atoms with E-state index >= 15 is 0 Å². The molecule has 0 amide bonds. The fourth-order valence-electron chi connectivity index (χ4n) is 3.60. The van der Waals surface area contributed by atoms with Gasteiger partial charge in [0.05, 0.1) is 11.5 Å². The highest BCUT2D eigenvalue weighted by atomic mass is 32.2. The SMILES string of the molecule is CCCOC(=O)c1c(C)oc2ccc(NS(=O)(=O)c3c(C)cc(C)cc3C)cc12. The van der Waals surface area contributed by atoms with Crippen LogP contribution in [0.15, 0.2) is 39.6 Å². The Morgan fingerprint density at radius 2 is 1.72 bits per heavy atom. The largest absolute Gasteiger partial charge is 0.462 e. The second-order valence-electron chi connectivity index (χ2n) is 7.21. The normalized spacial score (nSPS) is 11.6. The molecule has 154 valence electrons. The highest BCUT2D eigenvalue weighted by Gasteiger charge is 2.23. The van der Waals surface area contributed by atoms with Crippen LogP contribution in [-0.4, -0.2) is 21.0 Å². The van der Waals surface area contributed by atoms with Crippen molar-refractivity contribution in [2.45, 2.75) is 45.9 Å². The number of hydrogen-bond acceptors (Lipinski definition) is 5. The van der Waals surface area contributed by atoms with Gasteiger partial charge in [0.15, 0.2) is 0 Å². The highest BCUT2D eigenvalue weighted by Crippen LogP contribution is 2.31. The molecule has 0 bridgehead atoms. The number of sulfonamides is 1. The van der Waals surface area contributed by atoms with Crippen molar-refractivity contribution in [3.8, 4) is 0 Å². The maximum atomic E-state index is 13.0. The Morgan fingerprint density at radius 1 is 1.07 bits per heavy atom. The summed E-state index contributed by atoms with van der Waals surface area (Å²) < 4.78 is 39.6. The molecule has 1 aromatic heterocycles. The molecule has 1 heterocycles. The number of anilines is 1. The van der Waals surface area contributed by atoms with Crippen molar-refractivity contribution in [3.05, 3.63) is 58.3 Å². The Hall–Kier alpha value is -2.80. The van der Waals surface area contributed by atoms with Crippen molar-refractivity contribution in [3.63, 3.8) is 0 Å². The molecule has 0 atom stereocenters. The van der Waals surface area contributed by atoms with Crippen LogP contribution in [0.5, 0.6) is 0 Å².